The molecule has 0 aromatic carbocycles. The van der Waals surface area contributed by atoms with Crippen LogP contribution < -0.4 is 0 Å². The third-order valence-corrected chi connectivity index (χ3v) is 4.70. The van der Waals surface area contributed by atoms with Gasteiger partial charge in [-0.15, -0.1) is 0 Å². The molecule has 0 unspecified atom stereocenters. The van der Waals surface area contributed by atoms with Crippen molar-refractivity contribution in [2.24, 2.45) is 4.99 Å². The maximum Gasteiger partial charge on any atom is 0.300 e. The Hall–Kier alpha value is -0.570. The van der Waals surface area contributed by atoms with Crippen molar-refractivity contribution in [3.8, 4) is 0 Å². The zero-order valence-electron chi connectivity index (χ0n) is 17.7. The van der Waals surface area contributed by atoms with Gasteiger partial charge in [-0.1, -0.05) is 54.4 Å². The van der Waals surface area contributed by atoms with Crippen molar-refractivity contribution in [2.75, 3.05) is 39.3 Å². The van der Waals surface area contributed by atoms with E-state index in [1.165, 1.54) is 83.6 Å². The van der Waals surface area contributed by atoms with Crippen molar-refractivity contribution >= 4 is 5.96 Å². The summed E-state index contributed by atoms with van der Waals surface area (Å²) in [7, 11) is 0. The van der Waals surface area contributed by atoms with Crippen molar-refractivity contribution in [3.63, 3.8) is 0 Å². The predicted molar refractivity (Wildman–Crippen MR) is 110 cm³/mol. The molecule has 0 aliphatic heterocycles. The zero-order chi connectivity index (χ0) is 18.3. The molecule has 0 spiro atoms. The Morgan fingerprint density at radius 2 is 1.12 bits per heavy atom. The van der Waals surface area contributed by atoms with Crippen LogP contribution in [-0.2, 0) is 0 Å². The summed E-state index contributed by atoms with van der Waals surface area (Å²) in [5, 5.41) is 0. The van der Waals surface area contributed by atoms with E-state index >= 15 is 0 Å². The fourth-order valence-electron chi connectivity index (χ4n) is 3.69. The summed E-state index contributed by atoms with van der Waals surface area (Å²) in [4.78, 5) is 7.85. The Morgan fingerprint density at radius 3 is 1.46 bits per heavy atom. The van der Waals surface area contributed by atoms with Gasteiger partial charge in [0.2, 0.25) is 0 Å². The first kappa shape index (κ1) is 23.4. The van der Waals surface area contributed by atoms with E-state index in [1.54, 1.807) is 0 Å². The maximum atomic E-state index is 5.19. The van der Waals surface area contributed by atoms with Crippen LogP contribution in [0.1, 0.15) is 92.9 Å². The number of rotatable bonds is 14. The minimum atomic E-state index is 0.973. The molecule has 3 heteroatoms. The summed E-state index contributed by atoms with van der Waals surface area (Å²) >= 11 is 0. The second kappa shape index (κ2) is 14.7. The summed E-state index contributed by atoms with van der Waals surface area (Å²) in [6.07, 6.45) is 9.93. The molecule has 0 saturated heterocycles. The van der Waals surface area contributed by atoms with E-state index in [4.69, 9.17) is 4.99 Å². The third-order valence-electron chi connectivity index (χ3n) is 4.70. The molecule has 0 aromatic heterocycles. The quantitative estimate of drug-likeness (QED) is 0.225. The molecule has 0 bridgehead atoms. The fourth-order valence-corrected chi connectivity index (χ4v) is 3.69. The standard InChI is InChI=1S/C21H46N3/c1-7-13-16-23(17-14-8-2)21(22-15-9-3)24(18-10-4,19-11-5)20-12-6/h7-20H2,1-6H3/q+1. The van der Waals surface area contributed by atoms with Crippen molar-refractivity contribution in [1.29, 1.82) is 0 Å². The minimum absolute atomic E-state index is 0.973. The van der Waals surface area contributed by atoms with Gasteiger partial charge in [0.1, 0.15) is 0 Å². The van der Waals surface area contributed by atoms with Gasteiger partial charge in [-0.05, 0) is 38.5 Å². The van der Waals surface area contributed by atoms with E-state index in [9.17, 15) is 0 Å². The monoisotopic (exact) mass is 340 g/mol. The van der Waals surface area contributed by atoms with Crippen molar-refractivity contribution < 1.29 is 4.48 Å². The van der Waals surface area contributed by atoms with Crippen LogP contribution in [-0.4, -0.2) is 54.6 Å². The van der Waals surface area contributed by atoms with Gasteiger partial charge in [0.05, 0.1) is 19.6 Å². The van der Waals surface area contributed by atoms with Crippen molar-refractivity contribution in [3.05, 3.63) is 0 Å². The van der Waals surface area contributed by atoms with Crippen LogP contribution in [0.25, 0.3) is 0 Å². The lowest BCUT2D eigenvalue weighted by molar-refractivity contribution is -0.847. The number of nitrogens with zero attached hydrogens (tertiary/aromatic N) is 3. The lowest BCUT2D eigenvalue weighted by atomic mass is 10.2. The molecule has 0 aromatic rings. The topological polar surface area (TPSA) is 15.6 Å². The number of aliphatic imine (C=N–C) groups is 1. The summed E-state index contributed by atoms with van der Waals surface area (Å²) in [6.45, 7) is 20.9. The van der Waals surface area contributed by atoms with Crippen LogP contribution in [0, 0.1) is 0 Å². The van der Waals surface area contributed by atoms with Gasteiger partial charge in [0, 0.05) is 19.6 Å². The van der Waals surface area contributed by atoms with E-state index in [0.717, 1.165) is 17.4 Å². The molecule has 3 nitrogen and oxygen atoms in total. The lowest BCUT2D eigenvalue weighted by Gasteiger charge is -2.42. The van der Waals surface area contributed by atoms with Crippen molar-refractivity contribution in [2.45, 2.75) is 92.9 Å². The Balaban J connectivity index is 5.72. The highest BCUT2D eigenvalue weighted by Crippen LogP contribution is 2.18. The number of guanidine groups is 1. The normalized spacial score (nSPS) is 12.7. The Labute approximate surface area is 153 Å². The average Bonchev–Trinajstić information content (AvgIpc) is 2.57. The highest BCUT2D eigenvalue weighted by atomic mass is 15.5. The van der Waals surface area contributed by atoms with Crippen LogP contribution in [0.15, 0.2) is 4.99 Å². The van der Waals surface area contributed by atoms with Gasteiger partial charge in [-0.25, -0.2) is 4.99 Å². The van der Waals surface area contributed by atoms with Crippen LogP contribution >= 0.6 is 0 Å². The smallest absolute Gasteiger partial charge is 0.300 e. The minimum Gasteiger partial charge on any atom is -0.311 e. The van der Waals surface area contributed by atoms with Gasteiger partial charge in [-0.2, -0.15) is 0 Å². The van der Waals surface area contributed by atoms with Gasteiger partial charge < -0.3 is 4.90 Å². The number of quaternary nitrogens is 1. The molecule has 24 heavy (non-hydrogen) atoms. The molecular formula is C21H46N3+. The van der Waals surface area contributed by atoms with E-state index < -0.39 is 0 Å². The van der Waals surface area contributed by atoms with Crippen LogP contribution in [0.5, 0.6) is 0 Å². The zero-order valence-corrected chi connectivity index (χ0v) is 17.7. The summed E-state index contributed by atoms with van der Waals surface area (Å²) in [5.41, 5.74) is 0. The Bertz CT molecular complexity index is 287. The van der Waals surface area contributed by atoms with Gasteiger partial charge in [-0.3, -0.25) is 4.48 Å². The van der Waals surface area contributed by atoms with Gasteiger partial charge in [0.25, 0.3) is 5.96 Å². The largest absolute Gasteiger partial charge is 0.311 e. The molecule has 0 atom stereocenters. The average molecular weight is 341 g/mol. The highest BCUT2D eigenvalue weighted by molar-refractivity contribution is 5.73. The molecule has 0 fully saturated rings. The SMILES string of the molecule is CCCCN(CCCC)C(=NCCC)[N+](CCC)(CCC)CCC. The van der Waals surface area contributed by atoms with E-state index in [1.807, 2.05) is 0 Å². The third kappa shape index (κ3) is 8.00. The molecule has 0 amide bonds. The molecule has 0 saturated carbocycles. The van der Waals surface area contributed by atoms with Crippen LogP contribution in [0.4, 0.5) is 0 Å². The van der Waals surface area contributed by atoms with Crippen LogP contribution in [0.2, 0.25) is 0 Å². The number of hydrogen-bond acceptors (Lipinski definition) is 1. The maximum absolute atomic E-state index is 5.19. The Morgan fingerprint density at radius 1 is 0.667 bits per heavy atom. The van der Waals surface area contributed by atoms with Crippen molar-refractivity contribution in [1.82, 2.24) is 4.90 Å². The molecule has 144 valence electrons. The van der Waals surface area contributed by atoms with Gasteiger partial charge >= 0.3 is 0 Å². The first-order valence-corrected chi connectivity index (χ1v) is 10.8. The first-order valence-electron chi connectivity index (χ1n) is 10.8. The lowest BCUT2D eigenvalue weighted by Crippen LogP contribution is -2.60. The predicted octanol–water partition coefficient (Wildman–Crippen LogP) is 5.70. The van der Waals surface area contributed by atoms with Gasteiger partial charge in [0.15, 0.2) is 0 Å². The molecular weight excluding hydrogens is 294 g/mol. The molecule has 0 rings (SSSR count). The summed E-state index contributed by atoms with van der Waals surface area (Å²) < 4.78 is 1.11. The highest BCUT2D eigenvalue weighted by Gasteiger charge is 2.35. The summed E-state index contributed by atoms with van der Waals surface area (Å²) in [5.74, 6) is 1.41. The molecule has 0 heterocycles. The Kier molecular flexibility index (Phi) is 14.4. The van der Waals surface area contributed by atoms with E-state index in [2.05, 4.69) is 46.4 Å². The number of unbranched alkanes of at least 4 members (excludes halogenated alkanes) is 2. The van der Waals surface area contributed by atoms with E-state index in [0.29, 0.717) is 0 Å². The fraction of sp³-hybridized carbons (Fsp3) is 0.952. The molecule has 0 aliphatic rings. The molecule has 0 aliphatic carbocycles. The second-order valence-electron chi connectivity index (χ2n) is 7.19. The van der Waals surface area contributed by atoms with E-state index in [-0.39, 0.29) is 0 Å². The first-order chi connectivity index (χ1) is 11.7. The molecule has 0 radical (unpaired) electrons. The number of hydrogen-bond donors (Lipinski definition) is 0. The van der Waals surface area contributed by atoms with Crippen LogP contribution in [0.3, 0.4) is 0 Å². The second-order valence-corrected chi connectivity index (χ2v) is 7.19. The summed E-state index contributed by atoms with van der Waals surface area (Å²) in [6, 6.07) is 0. The molecule has 0 N–H and O–H groups in total.